The van der Waals surface area contributed by atoms with Crippen molar-refractivity contribution in [3.8, 4) is 0 Å². The van der Waals surface area contributed by atoms with Gasteiger partial charge in [0, 0.05) is 24.6 Å². The number of rotatable bonds is 3. The minimum Gasteiger partial charge on any atom is -0.465 e. The van der Waals surface area contributed by atoms with E-state index in [1.807, 2.05) is 25.6 Å². The van der Waals surface area contributed by atoms with Crippen molar-refractivity contribution in [2.45, 2.75) is 19.9 Å². The Balaban J connectivity index is 2.35. The average molecular weight is 203 g/mol. The number of carbonyl (C=O) groups is 1. The molecule has 0 aromatic heterocycles. The number of nitrogens with zero attached hydrogens (tertiary/aromatic N) is 1. The number of thioether (sulfide) groups is 1. The molecule has 1 saturated heterocycles. The lowest BCUT2D eigenvalue weighted by Crippen LogP contribution is -2.44. The molecular formula is C9H17NO2S. The minimum absolute atomic E-state index is 0.0687. The third-order valence-electron chi connectivity index (χ3n) is 2.22. The molecule has 0 aromatic rings. The Labute approximate surface area is 83.8 Å². The van der Waals surface area contributed by atoms with Gasteiger partial charge in [0.15, 0.2) is 0 Å². The molecule has 0 aliphatic carbocycles. The van der Waals surface area contributed by atoms with Crippen molar-refractivity contribution in [1.29, 1.82) is 0 Å². The van der Waals surface area contributed by atoms with Gasteiger partial charge in [0.25, 0.3) is 0 Å². The smallest absolute Gasteiger partial charge is 0.323 e. The van der Waals surface area contributed by atoms with Crippen molar-refractivity contribution in [3.05, 3.63) is 0 Å². The third kappa shape index (κ3) is 3.19. The minimum atomic E-state index is -0.0885. The molecule has 0 N–H and O–H groups in total. The first-order chi connectivity index (χ1) is 6.25. The molecule has 76 valence electrons. The number of ether oxygens (including phenoxy) is 1. The Kier molecular flexibility index (Phi) is 4.59. The highest BCUT2D eigenvalue weighted by atomic mass is 32.2. The summed E-state index contributed by atoms with van der Waals surface area (Å²) >= 11 is 1.95. The fourth-order valence-corrected chi connectivity index (χ4v) is 2.31. The number of hydrogen-bond acceptors (Lipinski definition) is 4. The van der Waals surface area contributed by atoms with Gasteiger partial charge in [-0.3, -0.25) is 9.69 Å². The van der Waals surface area contributed by atoms with E-state index in [1.54, 1.807) is 0 Å². The summed E-state index contributed by atoms with van der Waals surface area (Å²) in [6.07, 6.45) is 0. The first kappa shape index (κ1) is 10.9. The van der Waals surface area contributed by atoms with Gasteiger partial charge in [-0.2, -0.15) is 11.8 Å². The quantitative estimate of drug-likeness (QED) is 0.640. The van der Waals surface area contributed by atoms with Crippen molar-refractivity contribution in [3.63, 3.8) is 0 Å². The van der Waals surface area contributed by atoms with Crippen LogP contribution < -0.4 is 0 Å². The standard InChI is InChI=1S/C9H17NO2S/c1-3-12-9(11)8(2)10-4-6-13-7-5-10/h8H,3-7H2,1-2H3. The highest BCUT2D eigenvalue weighted by Gasteiger charge is 2.23. The van der Waals surface area contributed by atoms with E-state index in [0.29, 0.717) is 6.61 Å². The Hall–Kier alpha value is -0.220. The van der Waals surface area contributed by atoms with E-state index in [9.17, 15) is 4.79 Å². The molecule has 0 aromatic carbocycles. The molecule has 0 radical (unpaired) electrons. The van der Waals surface area contributed by atoms with Crippen molar-refractivity contribution in [1.82, 2.24) is 4.90 Å². The molecule has 13 heavy (non-hydrogen) atoms. The van der Waals surface area contributed by atoms with Crippen molar-refractivity contribution < 1.29 is 9.53 Å². The lowest BCUT2D eigenvalue weighted by Gasteiger charge is -2.30. The Bertz CT molecular complexity index is 169. The van der Waals surface area contributed by atoms with Crippen LogP contribution >= 0.6 is 11.8 Å². The van der Waals surface area contributed by atoms with Crippen LogP contribution in [0.25, 0.3) is 0 Å². The van der Waals surface area contributed by atoms with Gasteiger partial charge in [-0.25, -0.2) is 0 Å². The molecule has 1 aliphatic rings. The van der Waals surface area contributed by atoms with Crippen LogP contribution in [-0.4, -0.2) is 48.1 Å². The molecule has 1 aliphatic heterocycles. The lowest BCUT2D eigenvalue weighted by molar-refractivity contribution is -0.148. The second-order valence-electron chi connectivity index (χ2n) is 3.08. The van der Waals surface area contributed by atoms with E-state index in [2.05, 4.69) is 4.90 Å². The lowest BCUT2D eigenvalue weighted by atomic mass is 10.3. The average Bonchev–Trinajstić information content (AvgIpc) is 2.18. The zero-order valence-electron chi connectivity index (χ0n) is 8.28. The van der Waals surface area contributed by atoms with E-state index in [1.165, 1.54) is 0 Å². The number of esters is 1. The van der Waals surface area contributed by atoms with E-state index in [0.717, 1.165) is 24.6 Å². The predicted molar refractivity (Wildman–Crippen MR) is 55.0 cm³/mol. The van der Waals surface area contributed by atoms with E-state index in [4.69, 9.17) is 4.74 Å². The van der Waals surface area contributed by atoms with E-state index >= 15 is 0 Å². The SMILES string of the molecule is CCOC(=O)C(C)N1CCSCC1. The second-order valence-corrected chi connectivity index (χ2v) is 4.30. The van der Waals surface area contributed by atoms with Gasteiger partial charge in [0.1, 0.15) is 6.04 Å². The van der Waals surface area contributed by atoms with Crippen LogP contribution in [0.4, 0.5) is 0 Å². The molecule has 0 bridgehead atoms. The molecule has 1 atom stereocenters. The van der Waals surface area contributed by atoms with Crippen molar-refractivity contribution in [2.75, 3.05) is 31.2 Å². The summed E-state index contributed by atoms with van der Waals surface area (Å²) in [6.45, 7) is 6.26. The van der Waals surface area contributed by atoms with Crippen LogP contribution in [0.1, 0.15) is 13.8 Å². The van der Waals surface area contributed by atoms with Crippen LogP contribution in [0.2, 0.25) is 0 Å². The van der Waals surface area contributed by atoms with Crippen LogP contribution in [-0.2, 0) is 9.53 Å². The molecule has 0 saturated carbocycles. The summed E-state index contributed by atoms with van der Waals surface area (Å²) in [4.78, 5) is 13.6. The summed E-state index contributed by atoms with van der Waals surface area (Å²) in [7, 11) is 0. The maximum atomic E-state index is 11.4. The normalized spacial score (nSPS) is 21.1. The molecule has 0 spiro atoms. The molecule has 3 nitrogen and oxygen atoms in total. The Morgan fingerprint density at radius 1 is 1.54 bits per heavy atom. The first-order valence-corrected chi connectivity index (χ1v) is 5.89. The van der Waals surface area contributed by atoms with Gasteiger partial charge in [-0.15, -0.1) is 0 Å². The molecule has 1 heterocycles. The fraction of sp³-hybridized carbons (Fsp3) is 0.889. The van der Waals surface area contributed by atoms with Crippen LogP contribution in [0.15, 0.2) is 0 Å². The molecule has 1 rings (SSSR count). The largest absolute Gasteiger partial charge is 0.465 e. The molecule has 4 heteroatoms. The van der Waals surface area contributed by atoms with Crippen molar-refractivity contribution >= 4 is 17.7 Å². The van der Waals surface area contributed by atoms with Gasteiger partial charge in [0.05, 0.1) is 6.61 Å². The maximum absolute atomic E-state index is 11.4. The molecule has 1 unspecified atom stereocenters. The van der Waals surface area contributed by atoms with Crippen LogP contribution in [0.5, 0.6) is 0 Å². The second kappa shape index (κ2) is 5.50. The number of hydrogen-bond donors (Lipinski definition) is 0. The van der Waals surface area contributed by atoms with Gasteiger partial charge in [0.2, 0.25) is 0 Å². The first-order valence-electron chi connectivity index (χ1n) is 4.74. The third-order valence-corrected chi connectivity index (χ3v) is 3.16. The van der Waals surface area contributed by atoms with Gasteiger partial charge in [-0.05, 0) is 13.8 Å². The molecular weight excluding hydrogens is 186 g/mol. The zero-order valence-corrected chi connectivity index (χ0v) is 9.10. The zero-order chi connectivity index (χ0) is 9.68. The summed E-state index contributed by atoms with van der Waals surface area (Å²) in [6, 6.07) is -0.0687. The fourth-order valence-electron chi connectivity index (χ4n) is 1.38. The number of carbonyl (C=O) groups excluding carboxylic acids is 1. The van der Waals surface area contributed by atoms with Crippen molar-refractivity contribution in [2.24, 2.45) is 0 Å². The van der Waals surface area contributed by atoms with Gasteiger partial charge in [-0.1, -0.05) is 0 Å². The van der Waals surface area contributed by atoms with E-state index < -0.39 is 0 Å². The Morgan fingerprint density at radius 2 is 2.15 bits per heavy atom. The maximum Gasteiger partial charge on any atom is 0.323 e. The van der Waals surface area contributed by atoms with Gasteiger partial charge < -0.3 is 4.74 Å². The summed E-state index contributed by atoms with van der Waals surface area (Å²) < 4.78 is 4.97. The highest BCUT2D eigenvalue weighted by molar-refractivity contribution is 7.99. The predicted octanol–water partition coefficient (Wildman–Crippen LogP) is 0.987. The summed E-state index contributed by atoms with van der Waals surface area (Å²) in [5, 5.41) is 0. The topological polar surface area (TPSA) is 29.5 Å². The molecule has 0 amide bonds. The highest BCUT2D eigenvalue weighted by Crippen LogP contribution is 2.12. The van der Waals surface area contributed by atoms with E-state index in [-0.39, 0.29) is 12.0 Å². The van der Waals surface area contributed by atoms with Crippen LogP contribution in [0, 0.1) is 0 Å². The molecule has 1 fully saturated rings. The van der Waals surface area contributed by atoms with Gasteiger partial charge >= 0.3 is 5.97 Å². The Morgan fingerprint density at radius 3 is 2.69 bits per heavy atom. The monoisotopic (exact) mass is 203 g/mol. The van der Waals surface area contributed by atoms with Crippen LogP contribution in [0.3, 0.4) is 0 Å². The summed E-state index contributed by atoms with van der Waals surface area (Å²) in [5.74, 6) is 2.17. The summed E-state index contributed by atoms with van der Waals surface area (Å²) in [5.41, 5.74) is 0.